The Morgan fingerprint density at radius 3 is 1.34 bits per heavy atom. The maximum Gasteiger partial charge on any atom is 0.0543 e. The lowest BCUT2D eigenvalue weighted by atomic mass is 9.70. The smallest absolute Gasteiger partial charge is 0.0543 e. The van der Waals surface area contributed by atoms with Gasteiger partial charge in [-0.2, -0.15) is 0 Å². The van der Waals surface area contributed by atoms with Crippen molar-refractivity contribution >= 4 is 66.4 Å². The molecule has 0 aliphatic heterocycles. The third kappa shape index (κ3) is 6.32. The summed E-state index contributed by atoms with van der Waals surface area (Å²) in [5, 5.41) is 8.10. The average molecular weight is 799 g/mol. The molecule has 0 atom stereocenters. The number of benzene rings is 10. The third-order valence-corrected chi connectivity index (χ3v) is 13.4. The molecule has 10 aromatic carbocycles. The topological polar surface area (TPSA) is 6.48 Å². The van der Waals surface area contributed by atoms with Crippen LogP contribution in [0.5, 0.6) is 0 Å². The van der Waals surface area contributed by atoms with E-state index >= 15 is 0 Å². The maximum atomic E-state index is 2.58. The first-order valence-electron chi connectivity index (χ1n) is 22.2. The normalized spacial score (nSPS) is 13.3. The number of rotatable bonds is 9. The second-order valence-electron chi connectivity index (χ2n) is 18.0. The van der Waals surface area contributed by atoms with E-state index in [-0.39, 0.29) is 5.41 Å². The number of nitrogens with zero attached hydrogens (tertiary/aromatic N) is 2. The first-order chi connectivity index (χ1) is 30.3. The van der Waals surface area contributed by atoms with Crippen LogP contribution >= 0.6 is 0 Å². The monoisotopic (exact) mass is 798 g/mol. The number of anilines is 6. The molecule has 0 radical (unpaired) electrons. The Hall–Kier alpha value is -7.16. The van der Waals surface area contributed by atoms with E-state index in [1.165, 1.54) is 82.6 Å². The van der Waals surface area contributed by atoms with E-state index in [1.807, 2.05) is 0 Å². The van der Waals surface area contributed by atoms with Crippen LogP contribution in [0.15, 0.2) is 200 Å². The molecule has 11 rings (SSSR count). The van der Waals surface area contributed by atoms with Crippen LogP contribution in [0.3, 0.4) is 0 Å². The summed E-state index contributed by atoms with van der Waals surface area (Å²) in [7, 11) is 0. The molecule has 62 heavy (non-hydrogen) atoms. The Bertz CT molecular complexity index is 3190. The van der Waals surface area contributed by atoms with Gasteiger partial charge in [0, 0.05) is 38.9 Å². The van der Waals surface area contributed by atoms with E-state index < -0.39 is 0 Å². The Balaban J connectivity index is 1.21. The van der Waals surface area contributed by atoms with Crippen molar-refractivity contribution in [3.05, 3.63) is 217 Å². The molecule has 1 aliphatic rings. The zero-order valence-corrected chi connectivity index (χ0v) is 35.9. The highest BCUT2D eigenvalue weighted by molar-refractivity contribution is 6.30. The fourth-order valence-corrected chi connectivity index (χ4v) is 10.2. The lowest BCUT2D eigenvalue weighted by Crippen LogP contribution is -2.24. The minimum Gasteiger partial charge on any atom is -0.310 e. The van der Waals surface area contributed by atoms with Crippen molar-refractivity contribution in [2.45, 2.75) is 51.9 Å². The van der Waals surface area contributed by atoms with Gasteiger partial charge in [-0.25, -0.2) is 0 Å². The van der Waals surface area contributed by atoms with Crippen LogP contribution in [0.4, 0.5) is 34.1 Å². The predicted molar refractivity (Wildman–Crippen MR) is 266 cm³/mol. The van der Waals surface area contributed by atoms with Crippen LogP contribution < -0.4 is 9.80 Å². The van der Waals surface area contributed by atoms with Gasteiger partial charge in [-0.1, -0.05) is 161 Å². The van der Waals surface area contributed by atoms with Crippen LogP contribution in [0.1, 0.15) is 56.7 Å². The van der Waals surface area contributed by atoms with Gasteiger partial charge in [0.2, 0.25) is 0 Å². The Kier molecular flexibility index (Phi) is 9.20. The van der Waals surface area contributed by atoms with Crippen LogP contribution in [0.2, 0.25) is 0 Å². The summed E-state index contributed by atoms with van der Waals surface area (Å²) in [6.07, 6.45) is 2.12. The maximum absolute atomic E-state index is 2.58. The molecule has 0 bridgehead atoms. The predicted octanol–water partition coefficient (Wildman–Crippen LogP) is 17.2. The van der Waals surface area contributed by atoms with Crippen molar-refractivity contribution in [2.24, 2.45) is 0 Å². The molecule has 0 saturated carbocycles. The molecular formula is C60H50N2. The van der Waals surface area contributed by atoms with Gasteiger partial charge in [-0.3, -0.25) is 0 Å². The van der Waals surface area contributed by atoms with Crippen molar-refractivity contribution in [2.75, 3.05) is 9.80 Å². The largest absolute Gasteiger partial charge is 0.310 e. The molecule has 1 aliphatic carbocycles. The van der Waals surface area contributed by atoms with Crippen LogP contribution in [0.25, 0.3) is 54.6 Å². The van der Waals surface area contributed by atoms with Gasteiger partial charge in [-0.15, -0.1) is 0 Å². The average Bonchev–Trinajstić information content (AvgIpc) is 3.32. The van der Waals surface area contributed by atoms with Gasteiger partial charge in [0.15, 0.2) is 0 Å². The van der Waals surface area contributed by atoms with Gasteiger partial charge < -0.3 is 9.80 Å². The highest BCUT2D eigenvalue weighted by Crippen LogP contribution is 2.54. The van der Waals surface area contributed by atoms with Crippen molar-refractivity contribution in [3.8, 4) is 22.3 Å². The molecule has 0 N–H and O–H groups in total. The van der Waals surface area contributed by atoms with E-state index in [2.05, 4.69) is 238 Å². The number of aryl methyl sites for hydroxylation is 1. The summed E-state index contributed by atoms with van der Waals surface area (Å²) in [4.78, 5) is 4.99. The van der Waals surface area contributed by atoms with Gasteiger partial charge in [0.05, 0.1) is 11.4 Å². The summed E-state index contributed by atoms with van der Waals surface area (Å²) < 4.78 is 0. The van der Waals surface area contributed by atoms with Gasteiger partial charge in [0.25, 0.3) is 0 Å². The van der Waals surface area contributed by atoms with Crippen LogP contribution in [-0.4, -0.2) is 0 Å². The lowest BCUT2D eigenvalue weighted by Gasteiger charge is -2.37. The molecular weight excluding hydrogens is 749 g/mol. The summed E-state index contributed by atoms with van der Waals surface area (Å²) in [5.74, 6) is 0.308. The zero-order valence-electron chi connectivity index (χ0n) is 35.9. The van der Waals surface area contributed by atoms with E-state index in [9.17, 15) is 0 Å². The lowest BCUT2D eigenvalue weighted by molar-refractivity contribution is 0.475. The van der Waals surface area contributed by atoms with E-state index in [0.29, 0.717) is 5.92 Å². The molecule has 0 heterocycles. The van der Waals surface area contributed by atoms with Gasteiger partial charge >= 0.3 is 0 Å². The summed E-state index contributed by atoms with van der Waals surface area (Å²) >= 11 is 0. The van der Waals surface area contributed by atoms with Crippen molar-refractivity contribution < 1.29 is 0 Å². The molecule has 2 nitrogen and oxygen atoms in total. The van der Waals surface area contributed by atoms with Crippen LogP contribution in [0, 0.1) is 0 Å². The quantitative estimate of drug-likeness (QED) is 0.134. The standard InChI is InChI=1S/C60H50N2/c1-40(2)52-39-56(62(47-23-15-8-16-24-47)49-31-27-44(28-32-49)42-19-11-6-12-20-42)53-38-54-57-45(35-36-60(54,3)4)37-55(51-34-33-50(52)58(53)59(51)57)61(46-21-13-7-14-22-46)48-29-25-43(26-30-48)41-17-9-5-10-18-41/h5-34,37-40H,35-36H2,1-4H3. The van der Waals surface area contributed by atoms with Gasteiger partial charge in [-0.05, 0) is 146 Å². The minimum atomic E-state index is -0.00339. The molecule has 0 unspecified atom stereocenters. The summed E-state index contributed by atoms with van der Waals surface area (Å²) in [6.45, 7) is 9.61. The van der Waals surface area contributed by atoms with E-state index in [0.717, 1.165) is 35.6 Å². The fourth-order valence-electron chi connectivity index (χ4n) is 10.2. The Morgan fingerprint density at radius 1 is 0.403 bits per heavy atom. The SMILES string of the molecule is CC(C)c1cc(N(c2ccccc2)c2ccc(-c3ccccc3)cc2)c2cc3c4c(cc(N(c5ccccc5)c5ccc(-c6ccccc6)cc5)c5ccc1c2c54)CCC3(C)C. The molecule has 0 saturated heterocycles. The minimum absolute atomic E-state index is 0.00339. The molecule has 2 heteroatoms. The number of hydrogen-bond donors (Lipinski definition) is 0. The first-order valence-corrected chi connectivity index (χ1v) is 22.2. The van der Waals surface area contributed by atoms with Crippen LogP contribution in [-0.2, 0) is 11.8 Å². The highest BCUT2D eigenvalue weighted by Gasteiger charge is 2.34. The fraction of sp³-hybridized carbons (Fsp3) is 0.133. The third-order valence-electron chi connectivity index (χ3n) is 13.4. The zero-order chi connectivity index (χ0) is 42.0. The highest BCUT2D eigenvalue weighted by atomic mass is 15.1. The Morgan fingerprint density at radius 2 is 0.839 bits per heavy atom. The molecule has 0 aromatic heterocycles. The second-order valence-corrected chi connectivity index (χ2v) is 18.0. The molecule has 0 fully saturated rings. The van der Waals surface area contributed by atoms with Crippen molar-refractivity contribution in [1.29, 1.82) is 0 Å². The molecule has 0 amide bonds. The van der Waals surface area contributed by atoms with Crippen molar-refractivity contribution in [3.63, 3.8) is 0 Å². The summed E-state index contributed by atoms with van der Waals surface area (Å²) in [6, 6.07) is 74.0. The van der Waals surface area contributed by atoms with Crippen molar-refractivity contribution in [1.82, 2.24) is 0 Å². The number of para-hydroxylation sites is 2. The number of hydrogen-bond acceptors (Lipinski definition) is 2. The first kappa shape index (κ1) is 37.8. The van der Waals surface area contributed by atoms with E-state index in [1.54, 1.807) is 0 Å². The van der Waals surface area contributed by atoms with Gasteiger partial charge in [0.1, 0.15) is 0 Å². The molecule has 0 spiro atoms. The summed E-state index contributed by atoms with van der Waals surface area (Å²) in [5.41, 5.74) is 16.1. The molecule has 10 aromatic rings. The Labute approximate surface area is 365 Å². The second kappa shape index (κ2) is 15.1. The molecule has 300 valence electrons. The van der Waals surface area contributed by atoms with E-state index in [4.69, 9.17) is 0 Å².